The maximum atomic E-state index is 5.51. The molecular formula is C55H34N4. The average molecular weight is 751 g/mol. The molecule has 0 N–H and O–H groups in total. The zero-order chi connectivity index (χ0) is 38.9. The first-order valence-corrected chi connectivity index (χ1v) is 20.0. The van der Waals surface area contributed by atoms with E-state index in [1.807, 2.05) is 18.6 Å². The fourth-order valence-corrected chi connectivity index (χ4v) is 9.05. The van der Waals surface area contributed by atoms with Crippen molar-refractivity contribution in [1.82, 2.24) is 19.4 Å². The van der Waals surface area contributed by atoms with Crippen LogP contribution in [-0.4, -0.2) is 19.4 Å². The first-order chi connectivity index (χ1) is 29.2. The first kappa shape index (κ1) is 33.2. The summed E-state index contributed by atoms with van der Waals surface area (Å²) in [5, 5.41) is 12.2. The van der Waals surface area contributed by atoms with Crippen LogP contribution in [0.1, 0.15) is 0 Å². The van der Waals surface area contributed by atoms with E-state index in [1.54, 1.807) is 0 Å². The molecule has 0 amide bonds. The standard InChI is InChI=1S/C55H34N4/c1-2-12-38-29-41(26-21-35(38)11-1)54-55(59-28-27-56-34-53(59)58-54)37-24-22-36(23-25-37)51-32-42(49-30-39-13-3-5-15-43(39)45-17-7-9-19-47(45)49)33-52(57-51)50-31-40-14-4-6-16-44(40)46-18-8-10-20-48(46)50/h1-34H. The summed E-state index contributed by atoms with van der Waals surface area (Å²) >= 11 is 0. The molecule has 3 heterocycles. The van der Waals surface area contributed by atoms with Crippen LogP contribution in [0.15, 0.2) is 207 Å². The Kier molecular flexibility index (Phi) is 7.50. The minimum Gasteiger partial charge on any atom is -0.296 e. The van der Waals surface area contributed by atoms with Gasteiger partial charge in [0.1, 0.15) is 0 Å². The number of rotatable bonds is 5. The zero-order valence-corrected chi connectivity index (χ0v) is 31.9. The summed E-state index contributed by atoms with van der Waals surface area (Å²) in [5.74, 6) is 0. The molecule has 0 atom stereocenters. The van der Waals surface area contributed by atoms with Gasteiger partial charge in [-0.3, -0.25) is 9.38 Å². The number of aromatic nitrogens is 4. The third-order valence-electron chi connectivity index (χ3n) is 11.9. The Morgan fingerprint density at radius 1 is 0.356 bits per heavy atom. The van der Waals surface area contributed by atoms with Crippen molar-refractivity contribution >= 4 is 59.5 Å². The van der Waals surface area contributed by atoms with E-state index in [0.29, 0.717) is 0 Å². The van der Waals surface area contributed by atoms with E-state index < -0.39 is 0 Å². The van der Waals surface area contributed by atoms with Crippen molar-refractivity contribution < 1.29 is 0 Å². The van der Waals surface area contributed by atoms with Gasteiger partial charge in [0, 0.05) is 34.6 Å². The van der Waals surface area contributed by atoms with Crippen molar-refractivity contribution in [3.8, 4) is 56.2 Å². The van der Waals surface area contributed by atoms with Gasteiger partial charge >= 0.3 is 0 Å². The topological polar surface area (TPSA) is 43.1 Å². The Morgan fingerprint density at radius 2 is 0.898 bits per heavy atom. The van der Waals surface area contributed by atoms with Crippen LogP contribution in [-0.2, 0) is 0 Å². The second-order valence-electron chi connectivity index (χ2n) is 15.3. The molecule has 0 radical (unpaired) electrons. The van der Waals surface area contributed by atoms with Gasteiger partial charge < -0.3 is 0 Å². The van der Waals surface area contributed by atoms with Crippen LogP contribution < -0.4 is 0 Å². The quantitative estimate of drug-likeness (QED) is 0.165. The van der Waals surface area contributed by atoms with Gasteiger partial charge in [0.05, 0.1) is 29.0 Å². The van der Waals surface area contributed by atoms with Crippen molar-refractivity contribution in [3.05, 3.63) is 207 Å². The highest BCUT2D eigenvalue weighted by molar-refractivity contribution is 6.15. The van der Waals surface area contributed by atoms with Crippen LogP contribution in [0.4, 0.5) is 0 Å². The molecule has 0 aliphatic heterocycles. The lowest BCUT2D eigenvalue weighted by molar-refractivity contribution is 1.13. The smallest absolute Gasteiger partial charge is 0.156 e. The molecule has 12 rings (SSSR count). The average Bonchev–Trinajstić information content (AvgIpc) is 3.70. The zero-order valence-electron chi connectivity index (χ0n) is 31.9. The summed E-state index contributed by atoms with van der Waals surface area (Å²) in [7, 11) is 0. The monoisotopic (exact) mass is 750 g/mol. The molecule has 59 heavy (non-hydrogen) atoms. The Balaban J connectivity index is 1.07. The molecule has 0 aliphatic rings. The van der Waals surface area contributed by atoms with E-state index >= 15 is 0 Å². The molecule has 274 valence electrons. The highest BCUT2D eigenvalue weighted by Gasteiger charge is 2.19. The van der Waals surface area contributed by atoms with Gasteiger partial charge in [-0.2, -0.15) is 0 Å². The van der Waals surface area contributed by atoms with E-state index in [0.717, 1.165) is 56.2 Å². The van der Waals surface area contributed by atoms with Crippen LogP contribution in [0.2, 0.25) is 0 Å². The third-order valence-corrected chi connectivity index (χ3v) is 11.9. The van der Waals surface area contributed by atoms with Crippen molar-refractivity contribution in [1.29, 1.82) is 0 Å². The van der Waals surface area contributed by atoms with Crippen LogP contribution >= 0.6 is 0 Å². The normalized spacial score (nSPS) is 11.7. The Labute approximate surface area is 340 Å². The van der Waals surface area contributed by atoms with Crippen molar-refractivity contribution in [3.63, 3.8) is 0 Å². The van der Waals surface area contributed by atoms with Crippen LogP contribution in [0.25, 0.3) is 116 Å². The number of hydrogen-bond donors (Lipinski definition) is 0. The largest absolute Gasteiger partial charge is 0.296 e. The van der Waals surface area contributed by atoms with Crippen molar-refractivity contribution in [2.45, 2.75) is 0 Å². The van der Waals surface area contributed by atoms with Crippen LogP contribution in [0, 0.1) is 0 Å². The molecule has 0 saturated heterocycles. The summed E-state index contributed by atoms with van der Waals surface area (Å²) in [6.45, 7) is 0. The number of fused-ring (bicyclic) bond motifs is 8. The Hall–Kier alpha value is -7.95. The lowest BCUT2D eigenvalue weighted by Crippen LogP contribution is -1.94. The number of benzene rings is 9. The second kappa shape index (κ2) is 13.3. The highest BCUT2D eigenvalue weighted by Crippen LogP contribution is 2.41. The second-order valence-corrected chi connectivity index (χ2v) is 15.3. The van der Waals surface area contributed by atoms with E-state index in [4.69, 9.17) is 9.97 Å². The van der Waals surface area contributed by atoms with Gasteiger partial charge in [-0.15, -0.1) is 0 Å². The van der Waals surface area contributed by atoms with E-state index in [1.165, 1.54) is 59.4 Å². The van der Waals surface area contributed by atoms with E-state index in [-0.39, 0.29) is 0 Å². The van der Waals surface area contributed by atoms with Gasteiger partial charge in [0.2, 0.25) is 0 Å². The van der Waals surface area contributed by atoms with Gasteiger partial charge in [-0.05, 0) is 95.3 Å². The first-order valence-electron chi connectivity index (χ1n) is 20.0. The SMILES string of the molecule is c1ccc2cc(-c3nc4cnccn4c3-c3ccc(-c4cc(-c5cc6ccccc6c6ccccc56)cc(-c5cc6ccccc6c6ccccc56)n4)cc3)ccc2c1. The summed E-state index contributed by atoms with van der Waals surface area (Å²) in [6, 6.07) is 67.8. The number of imidazole rings is 1. The van der Waals surface area contributed by atoms with Gasteiger partial charge in [0.15, 0.2) is 5.65 Å². The highest BCUT2D eigenvalue weighted by atomic mass is 15.0. The van der Waals surface area contributed by atoms with Gasteiger partial charge in [0.25, 0.3) is 0 Å². The molecule has 12 aromatic rings. The van der Waals surface area contributed by atoms with E-state index in [2.05, 4.69) is 197 Å². The lowest BCUT2D eigenvalue weighted by Gasteiger charge is -2.16. The lowest BCUT2D eigenvalue weighted by atomic mass is 9.90. The molecule has 4 heteroatoms. The molecule has 9 aromatic carbocycles. The maximum Gasteiger partial charge on any atom is 0.156 e. The predicted octanol–water partition coefficient (Wildman–Crippen LogP) is 14.2. The van der Waals surface area contributed by atoms with E-state index in [9.17, 15) is 0 Å². The summed E-state index contributed by atoms with van der Waals surface area (Å²) in [5.41, 5.74) is 11.2. The van der Waals surface area contributed by atoms with Gasteiger partial charge in [-0.1, -0.05) is 158 Å². The molecule has 0 saturated carbocycles. The fourth-order valence-electron chi connectivity index (χ4n) is 9.05. The Morgan fingerprint density at radius 3 is 1.61 bits per heavy atom. The molecular weight excluding hydrogens is 717 g/mol. The summed E-state index contributed by atoms with van der Waals surface area (Å²) in [6.07, 6.45) is 5.64. The molecule has 0 aliphatic carbocycles. The number of hydrogen-bond acceptors (Lipinski definition) is 3. The third kappa shape index (κ3) is 5.49. The van der Waals surface area contributed by atoms with Crippen molar-refractivity contribution in [2.24, 2.45) is 0 Å². The Bertz CT molecular complexity index is 3480. The van der Waals surface area contributed by atoms with Crippen LogP contribution in [0.5, 0.6) is 0 Å². The minimum atomic E-state index is 0.805. The van der Waals surface area contributed by atoms with Crippen LogP contribution in [0.3, 0.4) is 0 Å². The number of nitrogens with zero attached hydrogens (tertiary/aromatic N) is 4. The maximum absolute atomic E-state index is 5.51. The molecule has 3 aromatic heterocycles. The molecule has 4 nitrogen and oxygen atoms in total. The molecule has 0 bridgehead atoms. The molecule has 0 spiro atoms. The summed E-state index contributed by atoms with van der Waals surface area (Å²) < 4.78 is 2.14. The minimum absolute atomic E-state index is 0.805. The molecule has 0 unspecified atom stereocenters. The van der Waals surface area contributed by atoms with Gasteiger partial charge in [-0.25, -0.2) is 9.97 Å². The fraction of sp³-hybridized carbons (Fsp3) is 0. The van der Waals surface area contributed by atoms with Crippen molar-refractivity contribution in [2.75, 3.05) is 0 Å². The predicted molar refractivity (Wildman–Crippen MR) is 245 cm³/mol. The summed E-state index contributed by atoms with van der Waals surface area (Å²) in [4.78, 5) is 15.0. The molecule has 0 fully saturated rings. The number of pyridine rings is 1.